The molecule has 1 heterocycles. The fraction of sp³-hybridized carbons (Fsp3) is 0.0588. The third-order valence-corrected chi connectivity index (χ3v) is 3.22. The summed E-state index contributed by atoms with van der Waals surface area (Å²) in [5.74, 6) is 0.304. The average molecular weight is 233 g/mol. The molecule has 0 atom stereocenters. The minimum Gasteiger partial charge on any atom is -0.367 e. The van der Waals surface area contributed by atoms with Gasteiger partial charge in [0.1, 0.15) is 0 Å². The van der Waals surface area contributed by atoms with Gasteiger partial charge in [-0.3, -0.25) is 0 Å². The Kier molecular flexibility index (Phi) is 2.97. The van der Waals surface area contributed by atoms with Crippen LogP contribution < -0.4 is 0 Å². The predicted molar refractivity (Wildman–Crippen MR) is 74.6 cm³/mol. The van der Waals surface area contributed by atoms with Crippen molar-refractivity contribution in [3.63, 3.8) is 0 Å². The van der Waals surface area contributed by atoms with Gasteiger partial charge in [-0.15, -0.1) is 0 Å². The van der Waals surface area contributed by atoms with Gasteiger partial charge in [0.15, 0.2) is 0 Å². The summed E-state index contributed by atoms with van der Waals surface area (Å²) in [5, 5.41) is 0. The Morgan fingerprint density at radius 2 is 1.17 bits per heavy atom. The van der Waals surface area contributed by atoms with Crippen molar-refractivity contribution in [1.82, 2.24) is 4.98 Å². The second-order valence-corrected chi connectivity index (χ2v) is 4.40. The summed E-state index contributed by atoms with van der Waals surface area (Å²) in [4.78, 5) is 3.15. The molecular formula is C17H15N. The Balaban J connectivity index is 2.11. The van der Waals surface area contributed by atoms with Gasteiger partial charge in [-0.05, 0) is 22.8 Å². The predicted octanol–water partition coefficient (Wildman–Crippen LogP) is 4.19. The zero-order chi connectivity index (χ0) is 12.2. The van der Waals surface area contributed by atoms with E-state index < -0.39 is 0 Å². The van der Waals surface area contributed by atoms with Crippen LogP contribution in [0.5, 0.6) is 0 Å². The third-order valence-electron chi connectivity index (χ3n) is 3.22. The Labute approximate surface area is 107 Å². The maximum absolute atomic E-state index is 3.15. The van der Waals surface area contributed by atoms with E-state index in [0.717, 1.165) is 0 Å². The number of rotatable bonds is 3. The van der Waals surface area contributed by atoms with Crippen LogP contribution in [-0.2, 0) is 0 Å². The smallest absolute Gasteiger partial charge is 0.0354 e. The molecule has 0 amide bonds. The lowest BCUT2D eigenvalue weighted by atomic mass is 9.87. The molecule has 1 aromatic heterocycles. The van der Waals surface area contributed by atoms with Crippen LogP contribution in [0, 0.1) is 0 Å². The highest BCUT2D eigenvalue weighted by molar-refractivity contribution is 5.41. The van der Waals surface area contributed by atoms with Crippen molar-refractivity contribution in [2.24, 2.45) is 0 Å². The molecule has 0 aliphatic rings. The molecule has 0 unspecified atom stereocenters. The first-order valence-electron chi connectivity index (χ1n) is 6.18. The zero-order valence-electron chi connectivity index (χ0n) is 10.1. The molecule has 0 spiro atoms. The lowest BCUT2D eigenvalue weighted by Gasteiger charge is -2.16. The van der Waals surface area contributed by atoms with E-state index in [0.29, 0.717) is 5.92 Å². The topological polar surface area (TPSA) is 15.8 Å². The van der Waals surface area contributed by atoms with E-state index in [4.69, 9.17) is 0 Å². The van der Waals surface area contributed by atoms with Crippen LogP contribution in [0.1, 0.15) is 22.6 Å². The number of aromatic nitrogens is 1. The normalized spacial score (nSPS) is 10.7. The number of benzene rings is 2. The van der Waals surface area contributed by atoms with E-state index in [-0.39, 0.29) is 0 Å². The maximum Gasteiger partial charge on any atom is 0.0354 e. The van der Waals surface area contributed by atoms with Crippen molar-refractivity contribution >= 4 is 0 Å². The molecule has 2 aromatic carbocycles. The maximum atomic E-state index is 3.15. The van der Waals surface area contributed by atoms with Crippen molar-refractivity contribution in [3.05, 3.63) is 95.8 Å². The molecule has 0 saturated carbocycles. The fourth-order valence-corrected chi connectivity index (χ4v) is 2.38. The van der Waals surface area contributed by atoms with Gasteiger partial charge < -0.3 is 4.98 Å². The quantitative estimate of drug-likeness (QED) is 0.698. The number of nitrogens with one attached hydrogen (secondary N) is 1. The molecule has 1 heteroatoms. The summed E-state index contributed by atoms with van der Waals surface area (Å²) < 4.78 is 0. The molecular weight excluding hydrogens is 218 g/mol. The Morgan fingerprint density at radius 1 is 0.611 bits per heavy atom. The molecule has 88 valence electrons. The molecule has 3 aromatic rings. The fourth-order valence-electron chi connectivity index (χ4n) is 2.38. The van der Waals surface area contributed by atoms with Crippen LogP contribution in [0.25, 0.3) is 0 Å². The highest BCUT2D eigenvalue weighted by Gasteiger charge is 2.16. The minimum atomic E-state index is 0.304. The van der Waals surface area contributed by atoms with Gasteiger partial charge in [-0.2, -0.15) is 0 Å². The largest absolute Gasteiger partial charge is 0.367 e. The van der Waals surface area contributed by atoms with E-state index in [1.807, 2.05) is 6.20 Å². The minimum absolute atomic E-state index is 0.304. The van der Waals surface area contributed by atoms with Gasteiger partial charge in [0.2, 0.25) is 0 Å². The van der Waals surface area contributed by atoms with Crippen molar-refractivity contribution in [3.8, 4) is 0 Å². The van der Waals surface area contributed by atoms with E-state index >= 15 is 0 Å². The van der Waals surface area contributed by atoms with E-state index in [1.165, 1.54) is 16.7 Å². The van der Waals surface area contributed by atoms with Crippen molar-refractivity contribution < 1.29 is 0 Å². The van der Waals surface area contributed by atoms with Gasteiger partial charge in [0, 0.05) is 18.3 Å². The number of aromatic amines is 1. The summed E-state index contributed by atoms with van der Waals surface area (Å²) in [6.07, 6.45) is 4.05. The summed E-state index contributed by atoms with van der Waals surface area (Å²) in [6, 6.07) is 23.4. The van der Waals surface area contributed by atoms with Gasteiger partial charge in [0.25, 0.3) is 0 Å². The van der Waals surface area contributed by atoms with Crippen LogP contribution in [0.2, 0.25) is 0 Å². The second-order valence-electron chi connectivity index (χ2n) is 4.40. The lowest BCUT2D eigenvalue weighted by Crippen LogP contribution is -2.01. The van der Waals surface area contributed by atoms with Crippen LogP contribution in [0.3, 0.4) is 0 Å². The lowest BCUT2D eigenvalue weighted by molar-refractivity contribution is 0.980. The van der Waals surface area contributed by atoms with Crippen molar-refractivity contribution in [2.45, 2.75) is 5.92 Å². The van der Waals surface area contributed by atoms with Gasteiger partial charge >= 0.3 is 0 Å². The summed E-state index contributed by atoms with van der Waals surface area (Å²) in [7, 11) is 0. The standard InChI is InChI=1S/C17H15N/c1-3-7-14(8-4-1)17(16-11-12-18-13-16)15-9-5-2-6-10-15/h1-13,17-18H. The van der Waals surface area contributed by atoms with Crippen LogP contribution in [0.15, 0.2) is 79.1 Å². The third kappa shape index (κ3) is 2.07. The molecule has 0 saturated heterocycles. The van der Waals surface area contributed by atoms with Crippen LogP contribution >= 0.6 is 0 Å². The molecule has 0 bridgehead atoms. The Morgan fingerprint density at radius 3 is 1.61 bits per heavy atom. The number of hydrogen-bond donors (Lipinski definition) is 1. The molecule has 0 fully saturated rings. The van der Waals surface area contributed by atoms with Gasteiger partial charge in [-0.1, -0.05) is 60.7 Å². The Hall–Kier alpha value is -2.28. The summed E-state index contributed by atoms with van der Waals surface area (Å²) in [5.41, 5.74) is 3.94. The van der Waals surface area contributed by atoms with Crippen LogP contribution in [0.4, 0.5) is 0 Å². The SMILES string of the molecule is c1ccc(C(c2ccccc2)c2cc[nH]c2)cc1. The zero-order valence-corrected chi connectivity index (χ0v) is 10.1. The molecule has 1 nitrogen and oxygen atoms in total. The first-order valence-corrected chi connectivity index (χ1v) is 6.18. The molecule has 0 radical (unpaired) electrons. The monoisotopic (exact) mass is 233 g/mol. The highest BCUT2D eigenvalue weighted by atomic mass is 14.6. The van der Waals surface area contributed by atoms with Gasteiger partial charge in [0.05, 0.1) is 0 Å². The molecule has 1 N–H and O–H groups in total. The van der Waals surface area contributed by atoms with Crippen molar-refractivity contribution in [2.75, 3.05) is 0 Å². The summed E-state index contributed by atoms with van der Waals surface area (Å²) >= 11 is 0. The first-order chi connectivity index (χ1) is 8.95. The molecule has 0 aliphatic heterocycles. The first kappa shape index (κ1) is 10.8. The Bertz CT molecular complexity index is 543. The molecule has 3 rings (SSSR count). The highest BCUT2D eigenvalue weighted by Crippen LogP contribution is 2.31. The van der Waals surface area contributed by atoms with E-state index in [9.17, 15) is 0 Å². The van der Waals surface area contributed by atoms with E-state index in [1.54, 1.807) is 0 Å². The van der Waals surface area contributed by atoms with Crippen LogP contribution in [-0.4, -0.2) is 4.98 Å². The van der Waals surface area contributed by atoms with E-state index in [2.05, 4.69) is 77.9 Å². The molecule has 18 heavy (non-hydrogen) atoms. The average Bonchev–Trinajstić information content (AvgIpc) is 2.95. The van der Waals surface area contributed by atoms with Crippen molar-refractivity contribution in [1.29, 1.82) is 0 Å². The van der Waals surface area contributed by atoms with Gasteiger partial charge in [-0.25, -0.2) is 0 Å². The molecule has 0 aliphatic carbocycles. The second kappa shape index (κ2) is 4.92. The summed E-state index contributed by atoms with van der Waals surface area (Å²) in [6.45, 7) is 0. The number of H-pyrrole nitrogens is 1. The number of hydrogen-bond acceptors (Lipinski definition) is 0.